The zero-order chi connectivity index (χ0) is 34.7. The molecule has 0 saturated heterocycles. The van der Waals surface area contributed by atoms with E-state index in [2.05, 4.69) is 9.98 Å². The Morgan fingerprint density at radius 2 is 0.860 bits per heavy atom. The fourth-order valence-corrected chi connectivity index (χ4v) is 3.94. The molecule has 0 bridgehead atoms. The van der Waals surface area contributed by atoms with Crippen LogP contribution < -0.4 is 37.1 Å². The Kier molecular flexibility index (Phi) is 32.9. The number of unbranched alkanes of at least 4 members (excludes halogenated alkanes) is 4. The second-order valence-electron chi connectivity index (χ2n) is 10.2. The van der Waals surface area contributed by atoms with E-state index in [-0.39, 0.29) is 43.1 Å². The van der Waals surface area contributed by atoms with Crippen LogP contribution in [0.2, 0.25) is 0 Å². The highest BCUT2D eigenvalue weighted by atomic mass is 35.5. The van der Waals surface area contributed by atoms with Gasteiger partial charge in [-0.1, -0.05) is 6.42 Å². The Labute approximate surface area is 317 Å². The molecule has 3 rings (SSSR count). The third-order valence-electron chi connectivity index (χ3n) is 6.70. The number of halogens is 3. The Bertz CT molecular complexity index is 1240. The number of aliphatic imine (C=N–C) groups is 2. The van der Waals surface area contributed by atoms with E-state index in [0.717, 1.165) is 79.1 Å². The molecule has 0 fully saturated rings. The molecule has 0 spiro atoms. The molecule has 0 aromatic heterocycles. The minimum atomic E-state index is 0. The normalized spacial score (nSPS) is 10.3. The summed E-state index contributed by atoms with van der Waals surface area (Å²) < 4.78 is 20.3. The van der Waals surface area contributed by atoms with E-state index in [1.54, 1.807) is 33.5 Å². The predicted octanol–water partition coefficient (Wildman–Crippen LogP) is 6.38. The van der Waals surface area contributed by atoms with Crippen molar-refractivity contribution < 1.29 is 18.9 Å². The summed E-state index contributed by atoms with van der Waals surface area (Å²) in [4.78, 5) is 8.86. The lowest BCUT2D eigenvalue weighted by Crippen LogP contribution is -2.14. The third kappa shape index (κ3) is 22.1. The summed E-state index contributed by atoms with van der Waals surface area (Å²) >= 11 is 0. The van der Waals surface area contributed by atoms with E-state index in [0.29, 0.717) is 31.4 Å². The molecule has 50 heavy (non-hydrogen) atoms. The number of rotatable bonds is 17. The molecule has 0 radical (unpaired) electrons. The van der Waals surface area contributed by atoms with Crippen molar-refractivity contribution in [1.29, 1.82) is 5.41 Å². The Morgan fingerprint density at radius 3 is 1.16 bits per heavy atom. The number of nitrogens with zero attached hydrogens (tertiary/aromatic N) is 2. The van der Waals surface area contributed by atoms with Crippen molar-refractivity contribution in [2.24, 2.45) is 32.9 Å². The first kappa shape index (κ1) is 50.6. The van der Waals surface area contributed by atoms with Gasteiger partial charge in [-0.25, -0.2) is 0 Å². The largest absolute Gasteiger partial charge is 0.497 e. The van der Waals surface area contributed by atoms with Crippen LogP contribution in [0.25, 0.3) is 0 Å². The summed E-state index contributed by atoms with van der Waals surface area (Å²) in [7, 11) is 4.89. The number of ether oxygens (including phenoxy) is 4. The molecule has 0 unspecified atom stereocenters. The zero-order valence-corrected chi connectivity index (χ0v) is 32.2. The number of amidine groups is 2. The summed E-state index contributed by atoms with van der Waals surface area (Å²) in [5, 5.41) is 7.49. The van der Waals surface area contributed by atoms with E-state index in [1.165, 1.54) is 6.42 Å². The average Bonchev–Trinajstić information content (AvgIpc) is 3.12. The lowest BCUT2D eigenvalue weighted by atomic mass is 10.2. The van der Waals surface area contributed by atoms with E-state index in [1.807, 2.05) is 67.6 Å². The molecule has 0 aliphatic heterocycles. The van der Waals surface area contributed by atoms with Crippen LogP contribution in [-0.2, 0) is 4.74 Å². The third-order valence-corrected chi connectivity index (χ3v) is 6.70. The van der Waals surface area contributed by atoms with Crippen molar-refractivity contribution in [3.8, 4) is 17.2 Å². The van der Waals surface area contributed by atoms with Crippen LogP contribution in [0.1, 0.15) is 62.1 Å². The van der Waals surface area contributed by atoms with Gasteiger partial charge >= 0.3 is 0 Å². The molecule has 0 heterocycles. The first-order valence-corrected chi connectivity index (χ1v) is 16.0. The average molecular weight is 759 g/mol. The summed E-state index contributed by atoms with van der Waals surface area (Å²) in [5.74, 6) is 3.71. The number of nitrogens with two attached hydrogens (primary N) is 4. The van der Waals surface area contributed by atoms with Gasteiger partial charge in [0.1, 0.15) is 28.9 Å². The summed E-state index contributed by atoms with van der Waals surface area (Å²) in [6.45, 7) is 5.40. The van der Waals surface area contributed by atoms with Gasteiger partial charge in [0.15, 0.2) is 0 Å². The highest BCUT2D eigenvalue weighted by Crippen LogP contribution is 2.13. The molecule has 0 atom stereocenters. The fourth-order valence-electron chi connectivity index (χ4n) is 3.94. The Hall–Kier alpha value is -3.74. The van der Waals surface area contributed by atoms with Crippen LogP contribution in [0.5, 0.6) is 17.2 Å². The SMILES string of the molecule is CCOC(=N)c1ccc(OC)cc1.COc1ccc(C(N)=NCCCCCN=C(N)c2ccc(OC)cc2)cc1.Cl.Cl.Cl.NCCCCCN. The highest BCUT2D eigenvalue weighted by molar-refractivity contribution is 5.98. The second-order valence-corrected chi connectivity index (χ2v) is 10.2. The van der Waals surface area contributed by atoms with Crippen molar-refractivity contribution in [3.05, 3.63) is 89.5 Å². The van der Waals surface area contributed by atoms with Crippen molar-refractivity contribution in [2.75, 3.05) is 54.1 Å². The van der Waals surface area contributed by atoms with Crippen molar-refractivity contribution in [1.82, 2.24) is 0 Å². The molecule has 3 aromatic carbocycles. The van der Waals surface area contributed by atoms with E-state index >= 15 is 0 Å². The number of hydrogen-bond donors (Lipinski definition) is 5. The van der Waals surface area contributed by atoms with Crippen LogP contribution in [0.15, 0.2) is 82.8 Å². The van der Waals surface area contributed by atoms with E-state index in [4.69, 9.17) is 47.3 Å². The van der Waals surface area contributed by atoms with Crippen LogP contribution >= 0.6 is 37.2 Å². The maximum Gasteiger partial charge on any atom is 0.213 e. The topological polar surface area (TPSA) is 190 Å². The molecule has 0 aliphatic carbocycles. The van der Waals surface area contributed by atoms with E-state index < -0.39 is 0 Å². The quantitative estimate of drug-likeness (QED) is 0.0595. The van der Waals surface area contributed by atoms with Gasteiger partial charge in [0, 0.05) is 29.8 Å². The Morgan fingerprint density at radius 1 is 0.540 bits per heavy atom. The van der Waals surface area contributed by atoms with Crippen molar-refractivity contribution >= 4 is 54.8 Å². The van der Waals surface area contributed by atoms with Crippen LogP contribution in [0.4, 0.5) is 0 Å². The van der Waals surface area contributed by atoms with Gasteiger partial charge in [0.25, 0.3) is 0 Å². The summed E-state index contributed by atoms with van der Waals surface area (Å²) in [5.41, 5.74) is 25.1. The molecule has 0 amide bonds. The van der Waals surface area contributed by atoms with E-state index in [9.17, 15) is 0 Å². The van der Waals surface area contributed by atoms with Crippen molar-refractivity contribution in [2.45, 2.75) is 45.4 Å². The minimum Gasteiger partial charge on any atom is -0.497 e. The van der Waals surface area contributed by atoms with Gasteiger partial charge in [0.2, 0.25) is 5.90 Å². The van der Waals surface area contributed by atoms with Gasteiger partial charge < -0.3 is 41.9 Å². The number of benzene rings is 3. The first-order chi connectivity index (χ1) is 22.8. The molecule has 0 aliphatic rings. The molecule has 11 nitrogen and oxygen atoms in total. The smallest absolute Gasteiger partial charge is 0.213 e. The highest BCUT2D eigenvalue weighted by Gasteiger charge is 2.02. The zero-order valence-electron chi connectivity index (χ0n) is 29.8. The van der Waals surface area contributed by atoms with Gasteiger partial charge in [-0.15, -0.1) is 37.2 Å². The lowest BCUT2D eigenvalue weighted by Gasteiger charge is -2.05. The molecule has 0 saturated carbocycles. The Balaban J connectivity index is -0.000000803. The summed E-state index contributed by atoms with van der Waals surface area (Å²) in [6.07, 6.45) is 6.39. The van der Waals surface area contributed by atoms with Gasteiger partial charge in [0.05, 0.1) is 27.9 Å². The van der Waals surface area contributed by atoms with Crippen LogP contribution in [0.3, 0.4) is 0 Å². The van der Waals surface area contributed by atoms with Crippen molar-refractivity contribution in [3.63, 3.8) is 0 Å². The lowest BCUT2D eigenvalue weighted by molar-refractivity contribution is 0.325. The number of methoxy groups -OCH3 is 3. The van der Waals surface area contributed by atoms with Crippen LogP contribution in [-0.4, -0.2) is 71.7 Å². The summed E-state index contributed by atoms with van der Waals surface area (Å²) in [6, 6.07) is 22.4. The number of nitrogens with one attached hydrogen (secondary N) is 1. The molecular formula is C36H58Cl3N7O4. The predicted molar refractivity (Wildman–Crippen MR) is 216 cm³/mol. The van der Waals surface area contributed by atoms with Gasteiger partial charge in [-0.2, -0.15) is 0 Å². The minimum absolute atomic E-state index is 0. The van der Waals surface area contributed by atoms with Gasteiger partial charge in [-0.3, -0.25) is 15.4 Å². The maximum absolute atomic E-state index is 7.49. The molecular weight excluding hydrogens is 701 g/mol. The first-order valence-electron chi connectivity index (χ1n) is 16.0. The number of hydrogen-bond acceptors (Lipinski definition) is 9. The van der Waals surface area contributed by atoms with Crippen LogP contribution in [0, 0.1) is 5.41 Å². The fraction of sp³-hybridized carbons (Fsp3) is 0.417. The maximum atomic E-state index is 7.49. The monoisotopic (exact) mass is 757 g/mol. The molecule has 3 aromatic rings. The molecule has 14 heteroatoms. The molecule has 282 valence electrons. The van der Waals surface area contributed by atoms with Gasteiger partial charge in [-0.05, 0) is 125 Å². The second kappa shape index (κ2) is 32.5. The molecule has 9 N–H and O–H groups in total. The standard InChI is InChI=1S/C21H28N4O2.C10H13NO2.C5H14N2.3ClH/c1-26-18-10-6-16(7-11-18)20(22)24-14-4-3-5-15-25-21(23)17-8-12-19(27-2)13-9-17;1-3-13-10(11)8-4-6-9(12-2)7-5-8;6-4-2-1-3-5-7;;;/h6-13H,3-5,14-15H2,1-2H3,(H2,22,24)(H2,23,25);4-7,11H,3H2,1-2H3;1-7H2;3*1H.